The summed E-state index contributed by atoms with van der Waals surface area (Å²) in [5.41, 5.74) is 3.37. The van der Waals surface area contributed by atoms with Crippen LogP contribution in [-0.2, 0) is 11.8 Å². The van der Waals surface area contributed by atoms with Gasteiger partial charge in [0, 0.05) is 22.6 Å². The van der Waals surface area contributed by atoms with Gasteiger partial charge in [-0.1, -0.05) is 63.7 Å². The monoisotopic (exact) mass is 411 g/mol. The Labute approximate surface area is 174 Å². The number of benzene rings is 1. The van der Waals surface area contributed by atoms with E-state index in [2.05, 4.69) is 68.0 Å². The molecule has 0 saturated heterocycles. The van der Waals surface area contributed by atoms with Crippen LogP contribution in [-0.4, -0.2) is 15.7 Å². The first kappa shape index (κ1) is 20.6. The molecule has 28 heavy (non-hydrogen) atoms. The molecule has 3 rings (SSSR count). The molecule has 1 N–H and O–H groups in total. The van der Waals surface area contributed by atoms with Crippen molar-refractivity contribution in [3.05, 3.63) is 45.1 Å². The summed E-state index contributed by atoms with van der Waals surface area (Å²) >= 11 is 3.11. The third-order valence-corrected chi connectivity index (χ3v) is 6.83. The zero-order valence-corrected chi connectivity index (χ0v) is 18.4. The number of H-pyrrole nitrogens is 1. The van der Waals surface area contributed by atoms with E-state index in [4.69, 9.17) is 5.26 Å². The number of aryl methyl sites for hydroxylation is 1. The number of thiophene rings is 1. The van der Waals surface area contributed by atoms with Crippen molar-refractivity contribution in [2.45, 2.75) is 57.5 Å². The molecule has 0 atom stereocenters. The molecule has 0 fully saturated rings. The molecule has 0 unspecified atom stereocenters. The van der Waals surface area contributed by atoms with Crippen molar-refractivity contribution in [2.24, 2.45) is 0 Å². The number of aromatic nitrogens is 2. The van der Waals surface area contributed by atoms with E-state index in [0.29, 0.717) is 17.0 Å². The van der Waals surface area contributed by atoms with Crippen LogP contribution < -0.4 is 5.56 Å². The van der Waals surface area contributed by atoms with E-state index < -0.39 is 0 Å². The molecule has 0 aliphatic heterocycles. The smallest absolute Gasteiger partial charge is 0.260 e. The van der Waals surface area contributed by atoms with Gasteiger partial charge in [0.05, 0.1) is 11.5 Å². The molecule has 1 aromatic carbocycles. The van der Waals surface area contributed by atoms with Crippen molar-refractivity contribution < 1.29 is 0 Å². The van der Waals surface area contributed by atoms with Gasteiger partial charge in [0.1, 0.15) is 4.83 Å². The van der Waals surface area contributed by atoms with Gasteiger partial charge in [-0.25, -0.2) is 4.98 Å². The number of rotatable bonds is 6. The second-order valence-corrected chi connectivity index (χ2v) is 9.91. The van der Waals surface area contributed by atoms with Gasteiger partial charge in [0.25, 0.3) is 5.56 Å². The fraction of sp³-hybridized carbons (Fsp3) is 0.409. The van der Waals surface area contributed by atoms with E-state index in [0.717, 1.165) is 34.6 Å². The van der Waals surface area contributed by atoms with Crippen molar-refractivity contribution >= 4 is 33.3 Å². The number of fused-ring (bicyclic) bond motifs is 1. The van der Waals surface area contributed by atoms with Crippen LogP contribution in [0.3, 0.4) is 0 Å². The molecule has 4 nitrogen and oxygen atoms in total. The van der Waals surface area contributed by atoms with Crippen molar-refractivity contribution in [3.63, 3.8) is 0 Å². The highest BCUT2D eigenvalue weighted by molar-refractivity contribution is 7.99. The maximum atomic E-state index is 12.9. The number of unbranched alkanes of at least 4 members (excludes halogenated alkanes) is 1. The first-order valence-electron chi connectivity index (χ1n) is 9.51. The lowest BCUT2D eigenvalue weighted by atomic mass is 9.86. The van der Waals surface area contributed by atoms with Gasteiger partial charge >= 0.3 is 0 Å². The van der Waals surface area contributed by atoms with Gasteiger partial charge < -0.3 is 4.98 Å². The van der Waals surface area contributed by atoms with E-state index in [1.165, 1.54) is 22.2 Å². The number of nitriles is 1. The van der Waals surface area contributed by atoms with Crippen LogP contribution in [0.5, 0.6) is 0 Å². The molecule has 2 aromatic heterocycles. The molecule has 3 aromatic rings. The molecule has 0 aliphatic rings. The largest absolute Gasteiger partial charge is 0.301 e. The molecule has 0 spiro atoms. The Hall–Kier alpha value is -2.10. The third-order valence-electron chi connectivity index (χ3n) is 4.65. The summed E-state index contributed by atoms with van der Waals surface area (Å²) in [5, 5.41) is 9.97. The summed E-state index contributed by atoms with van der Waals surface area (Å²) in [6.07, 6.45) is 2.17. The Bertz CT molecular complexity index is 1070. The summed E-state index contributed by atoms with van der Waals surface area (Å²) < 4.78 is 0. The summed E-state index contributed by atoms with van der Waals surface area (Å²) in [4.78, 5) is 22.5. The second-order valence-electron chi connectivity index (χ2n) is 7.74. The Balaban J connectivity index is 2.03. The molecule has 0 bridgehead atoms. The minimum atomic E-state index is -0.0846. The molecule has 0 amide bonds. The minimum absolute atomic E-state index is 0.0846. The minimum Gasteiger partial charge on any atom is -0.301 e. The predicted molar refractivity (Wildman–Crippen MR) is 119 cm³/mol. The van der Waals surface area contributed by atoms with E-state index in [1.807, 2.05) is 0 Å². The van der Waals surface area contributed by atoms with Crippen molar-refractivity contribution in [2.75, 3.05) is 5.75 Å². The van der Waals surface area contributed by atoms with Crippen LogP contribution in [0, 0.1) is 11.3 Å². The van der Waals surface area contributed by atoms with Crippen LogP contribution >= 0.6 is 23.1 Å². The first-order valence-corrected chi connectivity index (χ1v) is 11.3. The zero-order valence-electron chi connectivity index (χ0n) is 16.8. The molecular formula is C22H25N3OS2. The van der Waals surface area contributed by atoms with Gasteiger partial charge in [-0.2, -0.15) is 5.26 Å². The van der Waals surface area contributed by atoms with Gasteiger partial charge in [-0.15, -0.1) is 11.3 Å². The van der Waals surface area contributed by atoms with E-state index >= 15 is 0 Å². The molecule has 0 aliphatic carbocycles. The highest BCUT2D eigenvalue weighted by Crippen LogP contribution is 2.37. The topological polar surface area (TPSA) is 69.5 Å². The van der Waals surface area contributed by atoms with Gasteiger partial charge in [-0.05, 0) is 29.4 Å². The molecule has 6 heteroatoms. The summed E-state index contributed by atoms with van der Waals surface area (Å²) in [5.74, 6) is 0.773. The number of hydrogen-bond acceptors (Lipinski definition) is 5. The first-order chi connectivity index (χ1) is 13.3. The highest BCUT2D eigenvalue weighted by Gasteiger charge is 2.19. The number of hydrogen-bond donors (Lipinski definition) is 1. The Morgan fingerprint density at radius 3 is 2.57 bits per heavy atom. The van der Waals surface area contributed by atoms with Crippen molar-refractivity contribution in [1.29, 1.82) is 5.26 Å². The lowest BCUT2D eigenvalue weighted by molar-refractivity contribution is 0.590. The SMILES string of the molecule is CCc1sc2nc(SCCCC#N)[nH]c(=O)c2c1-c1ccc(C(C)(C)C)cc1. The molecular weight excluding hydrogens is 386 g/mol. The predicted octanol–water partition coefficient (Wildman–Crippen LogP) is 5.91. The standard InChI is InChI=1S/C22H25N3OS2/c1-5-16-17(14-8-10-15(11-9-14)22(2,3)4)18-19(26)24-21(25-20(18)28-16)27-13-7-6-12-23/h8-11H,5-7,13H2,1-4H3,(H,24,25,26). The maximum absolute atomic E-state index is 12.9. The molecule has 0 radical (unpaired) electrons. The van der Waals surface area contributed by atoms with Crippen molar-refractivity contribution in [3.8, 4) is 17.2 Å². The number of aromatic amines is 1. The summed E-state index contributed by atoms with van der Waals surface area (Å²) in [7, 11) is 0. The van der Waals surface area contributed by atoms with Gasteiger partial charge in [-0.3, -0.25) is 4.79 Å². The normalized spacial score (nSPS) is 11.7. The number of nitrogens with one attached hydrogen (secondary N) is 1. The Morgan fingerprint density at radius 2 is 1.96 bits per heavy atom. The van der Waals surface area contributed by atoms with Crippen LogP contribution in [0.25, 0.3) is 21.3 Å². The molecule has 146 valence electrons. The average molecular weight is 412 g/mol. The molecule has 0 saturated carbocycles. The second kappa shape index (κ2) is 8.50. The molecule has 2 heterocycles. The fourth-order valence-corrected chi connectivity index (χ4v) is 5.11. The van der Waals surface area contributed by atoms with E-state index in [9.17, 15) is 4.79 Å². The highest BCUT2D eigenvalue weighted by atomic mass is 32.2. The van der Waals surface area contributed by atoms with Crippen LogP contribution in [0.1, 0.15) is 51.0 Å². The Kier molecular flexibility index (Phi) is 6.26. The fourth-order valence-electron chi connectivity index (χ4n) is 3.11. The number of nitrogens with zero attached hydrogens (tertiary/aromatic N) is 2. The lowest BCUT2D eigenvalue weighted by Crippen LogP contribution is -2.11. The third kappa shape index (κ3) is 4.31. The number of thioether (sulfide) groups is 1. The van der Waals surface area contributed by atoms with E-state index in [1.54, 1.807) is 11.3 Å². The maximum Gasteiger partial charge on any atom is 0.260 e. The summed E-state index contributed by atoms with van der Waals surface area (Å²) in [6.45, 7) is 8.71. The average Bonchev–Trinajstić information content (AvgIpc) is 3.04. The van der Waals surface area contributed by atoms with Crippen molar-refractivity contribution in [1.82, 2.24) is 9.97 Å². The van der Waals surface area contributed by atoms with E-state index in [-0.39, 0.29) is 11.0 Å². The van der Waals surface area contributed by atoms with Crippen LogP contribution in [0.4, 0.5) is 0 Å². The van der Waals surface area contributed by atoms with Crippen LogP contribution in [0.15, 0.2) is 34.2 Å². The lowest BCUT2D eigenvalue weighted by Gasteiger charge is -2.19. The van der Waals surface area contributed by atoms with Gasteiger partial charge in [0.15, 0.2) is 5.16 Å². The quantitative estimate of drug-likeness (QED) is 0.311. The van der Waals surface area contributed by atoms with Gasteiger partial charge in [0.2, 0.25) is 0 Å². The van der Waals surface area contributed by atoms with Crippen LogP contribution in [0.2, 0.25) is 0 Å². The summed E-state index contributed by atoms with van der Waals surface area (Å²) in [6, 6.07) is 10.7. The zero-order chi connectivity index (χ0) is 20.3. The Morgan fingerprint density at radius 1 is 1.25 bits per heavy atom.